The van der Waals surface area contributed by atoms with Crippen molar-refractivity contribution in [1.29, 1.82) is 0 Å². The van der Waals surface area contributed by atoms with Gasteiger partial charge in [0.05, 0.1) is 10.2 Å². The summed E-state index contributed by atoms with van der Waals surface area (Å²) >= 11 is 3.60. The monoisotopic (exact) mass is 274 g/mol. The molecule has 0 saturated carbocycles. The van der Waals surface area contributed by atoms with Crippen LogP contribution in [-0.4, -0.2) is 44.2 Å². The van der Waals surface area contributed by atoms with Crippen molar-refractivity contribution < 1.29 is 14.7 Å². The molecule has 3 N–H and O–H groups in total. The SMILES string of the molecule is ClSCl.OP(O)(O)=S.P.[NaH]. The van der Waals surface area contributed by atoms with Crippen molar-refractivity contribution in [2.75, 3.05) is 0 Å². The van der Waals surface area contributed by atoms with Gasteiger partial charge in [0, 0.05) is 0 Å². The molecule has 10 heavy (non-hydrogen) atoms. The average Bonchev–Trinajstić information content (AvgIpc) is 1.27. The van der Waals surface area contributed by atoms with Crippen molar-refractivity contribution >= 4 is 89.5 Å². The van der Waals surface area contributed by atoms with Gasteiger partial charge in [0.1, 0.15) is 0 Å². The van der Waals surface area contributed by atoms with Crippen LogP contribution in [0, 0.1) is 0 Å². The van der Waals surface area contributed by atoms with Crippen molar-refractivity contribution in [3.63, 3.8) is 0 Å². The van der Waals surface area contributed by atoms with E-state index in [4.69, 9.17) is 14.7 Å². The van der Waals surface area contributed by atoms with E-state index in [9.17, 15) is 0 Å². The van der Waals surface area contributed by atoms with Crippen LogP contribution in [0.1, 0.15) is 0 Å². The van der Waals surface area contributed by atoms with Gasteiger partial charge in [0.15, 0.2) is 0 Å². The minimum atomic E-state index is -3.81. The summed E-state index contributed by atoms with van der Waals surface area (Å²) in [6.45, 7) is -3.81. The number of halogens is 2. The van der Waals surface area contributed by atoms with Crippen LogP contribution in [-0.2, 0) is 11.8 Å². The molecule has 0 aromatic heterocycles. The Hall–Kier alpha value is 2.89. The van der Waals surface area contributed by atoms with Crippen molar-refractivity contribution in [3.8, 4) is 0 Å². The van der Waals surface area contributed by atoms with Crippen LogP contribution < -0.4 is 0 Å². The maximum atomic E-state index is 7.56. The molecule has 0 aliphatic carbocycles. The second kappa shape index (κ2) is 14.4. The molecule has 1 unspecified atom stereocenters. The Bertz CT molecular complexity index is 78.3. The second-order valence-electron chi connectivity index (χ2n) is 0.572. The predicted octanol–water partition coefficient (Wildman–Crippen LogP) is 0.625. The summed E-state index contributed by atoms with van der Waals surface area (Å²) in [5.74, 6) is 0. The molecule has 0 aromatic rings. The molecule has 10 heteroatoms. The van der Waals surface area contributed by atoms with Gasteiger partial charge in [-0.2, -0.15) is 9.90 Å². The van der Waals surface area contributed by atoms with E-state index in [0.717, 1.165) is 0 Å². The fourth-order valence-electron chi connectivity index (χ4n) is 0. The van der Waals surface area contributed by atoms with Crippen LogP contribution in [0.15, 0.2) is 0 Å². The van der Waals surface area contributed by atoms with Crippen LogP contribution >= 0.6 is 48.2 Å². The van der Waals surface area contributed by atoms with Gasteiger partial charge in [-0.05, 0) is 33.2 Å². The summed E-state index contributed by atoms with van der Waals surface area (Å²) in [5.41, 5.74) is 0. The molecule has 0 aromatic carbocycles. The molecule has 1 atom stereocenters. The van der Waals surface area contributed by atoms with E-state index >= 15 is 0 Å². The van der Waals surface area contributed by atoms with Gasteiger partial charge in [0.25, 0.3) is 0 Å². The molecule has 0 amide bonds. The zero-order chi connectivity index (χ0) is 7.21. The van der Waals surface area contributed by atoms with Crippen LogP contribution in [0.4, 0.5) is 0 Å². The summed E-state index contributed by atoms with van der Waals surface area (Å²) in [6.07, 6.45) is 0. The minimum absolute atomic E-state index is 0. The zero-order valence-electron chi connectivity index (χ0n) is 4.07. The van der Waals surface area contributed by atoms with Gasteiger partial charge < -0.3 is 14.7 Å². The predicted molar refractivity (Wildman–Crippen MR) is 58.5 cm³/mol. The van der Waals surface area contributed by atoms with Crippen molar-refractivity contribution in [2.45, 2.75) is 0 Å². The van der Waals surface area contributed by atoms with Crippen LogP contribution in [0.3, 0.4) is 0 Å². The summed E-state index contributed by atoms with van der Waals surface area (Å²) < 4.78 is 0. The third-order valence-electron chi connectivity index (χ3n) is 0. The molecule has 0 saturated heterocycles. The average molecular weight is 275 g/mol. The Morgan fingerprint density at radius 2 is 1.20 bits per heavy atom. The fraction of sp³-hybridized carbons (Fsp3) is 0. The molecule has 0 fully saturated rings. The Kier molecular flexibility index (Phi) is 33.2. The van der Waals surface area contributed by atoms with Crippen LogP contribution in [0.2, 0.25) is 0 Å². The Morgan fingerprint density at radius 3 is 1.20 bits per heavy atom. The normalized spacial score (nSPS) is 7.70. The van der Waals surface area contributed by atoms with Gasteiger partial charge in [-0.1, -0.05) is 0 Å². The van der Waals surface area contributed by atoms with Crippen molar-refractivity contribution in [1.82, 2.24) is 0 Å². The Balaban J connectivity index is -0.0000000326. The second-order valence-corrected chi connectivity index (χ2v) is 4.58. The first-order valence-electron chi connectivity index (χ1n) is 1.09. The number of hydrogen-bond acceptors (Lipinski definition) is 2. The molecular formula is H7Cl2NaO3P2S2. The molecule has 0 bridgehead atoms. The van der Waals surface area contributed by atoms with E-state index in [-0.39, 0.29) is 39.5 Å². The zero-order valence-corrected chi connectivity index (χ0v) is 9.52. The molecule has 0 heterocycles. The Morgan fingerprint density at radius 1 is 1.20 bits per heavy atom. The van der Waals surface area contributed by atoms with Crippen molar-refractivity contribution in [3.05, 3.63) is 0 Å². The van der Waals surface area contributed by atoms with Gasteiger partial charge in [-0.3, -0.25) is 0 Å². The van der Waals surface area contributed by atoms with Gasteiger partial charge in [0.2, 0.25) is 0 Å². The molecule has 3 nitrogen and oxygen atoms in total. The summed E-state index contributed by atoms with van der Waals surface area (Å²) in [6, 6.07) is 0. The summed E-state index contributed by atoms with van der Waals surface area (Å²) in [4.78, 5) is 22.7. The molecule has 62 valence electrons. The molecule has 0 aliphatic rings. The van der Waals surface area contributed by atoms with Gasteiger partial charge >= 0.3 is 36.3 Å². The summed E-state index contributed by atoms with van der Waals surface area (Å²) in [5, 5.41) is 0. The number of hydrogen-bond donors (Lipinski definition) is 3. The molecule has 0 aliphatic heterocycles. The van der Waals surface area contributed by atoms with E-state index in [2.05, 4.69) is 33.2 Å². The maximum absolute atomic E-state index is 7.56. The quantitative estimate of drug-likeness (QED) is 0.447. The van der Waals surface area contributed by atoms with E-state index < -0.39 is 6.72 Å². The van der Waals surface area contributed by atoms with E-state index in [1.54, 1.807) is 0 Å². The standard InChI is InChI=1S/Cl2S.Na.H3O3PS.H3P.H/c1-3-2;;1-4(2,3)5;;/h;;(H3,1,2,3,5);1H3;. The summed E-state index contributed by atoms with van der Waals surface area (Å²) in [7, 11) is 10.1. The first-order chi connectivity index (χ1) is 3.41. The van der Waals surface area contributed by atoms with Crippen molar-refractivity contribution in [2.24, 2.45) is 0 Å². The molecule has 0 radical (unpaired) electrons. The van der Waals surface area contributed by atoms with Crippen LogP contribution in [0.5, 0.6) is 0 Å². The van der Waals surface area contributed by atoms with Gasteiger partial charge in [-0.25, -0.2) is 0 Å². The first kappa shape index (κ1) is 23.1. The van der Waals surface area contributed by atoms with Crippen LogP contribution in [0.25, 0.3) is 0 Å². The van der Waals surface area contributed by atoms with E-state index in [1.807, 2.05) is 0 Å². The van der Waals surface area contributed by atoms with E-state index in [1.165, 1.54) is 0 Å². The molecule has 0 rings (SSSR count). The molecule has 0 spiro atoms. The Labute approximate surface area is 103 Å². The first-order valence-corrected chi connectivity index (χ1v) is 6.22. The number of rotatable bonds is 0. The third-order valence-corrected chi connectivity index (χ3v) is 0. The van der Waals surface area contributed by atoms with Gasteiger partial charge in [-0.15, -0.1) is 0 Å². The van der Waals surface area contributed by atoms with E-state index in [0.29, 0.717) is 10.2 Å². The molecular weight excluding hydrogens is 268 g/mol. The fourth-order valence-corrected chi connectivity index (χ4v) is 0. The topological polar surface area (TPSA) is 60.7 Å². The third kappa shape index (κ3) is 128.